The van der Waals surface area contributed by atoms with E-state index < -0.39 is 0 Å². The number of nitrogens with zero attached hydrogens (tertiary/aromatic N) is 1. The number of rotatable bonds is 5. The Bertz CT molecular complexity index is 313. The first kappa shape index (κ1) is 13.4. The molecule has 1 aromatic rings. The first-order chi connectivity index (χ1) is 8.33. The fourth-order valence-corrected chi connectivity index (χ4v) is 5.07. The minimum Gasteiger partial charge on any atom is -0.330 e. The second-order valence-electron chi connectivity index (χ2n) is 4.92. The lowest BCUT2D eigenvalue weighted by Gasteiger charge is -2.34. The Hall–Kier alpha value is -0.0600. The van der Waals surface area contributed by atoms with E-state index in [0.717, 1.165) is 12.5 Å². The van der Waals surface area contributed by atoms with Crippen molar-refractivity contribution < 1.29 is 0 Å². The maximum absolute atomic E-state index is 5.91. The Morgan fingerprint density at radius 3 is 3.06 bits per heavy atom. The normalized spacial score (nSPS) is 29.4. The molecule has 1 aliphatic rings. The standard InChI is InChI=1S/C13H22N2S2/c1-2-3-10-4-5-11(9-14)12(8-10)17-13-15-6-7-16-13/h6-7,10-12H,2-5,8-9,14H2,1H3. The summed E-state index contributed by atoms with van der Waals surface area (Å²) in [7, 11) is 0. The van der Waals surface area contributed by atoms with Gasteiger partial charge in [0.1, 0.15) is 4.34 Å². The topological polar surface area (TPSA) is 38.9 Å². The Labute approximate surface area is 112 Å². The minimum atomic E-state index is 0.691. The smallest absolute Gasteiger partial charge is 0.150 e. The van der Waals surface area contributed by atoms with Gasteiger partial charge in [0.25, 0.3) is 0 Å². The Balaban J connectivity index is 1.94. The quantitative estimate of drug-likeness (QED) is 0.885. The molecule has 1 aromatic heterocycles. The second-order valence-corrected chi connectivity index (χ2v) is 7.30. The molecule has 0 saturated heterocycles. The Morgan fingerprint density at radius 2 is 2.41 bits per heavy atom. The van der Waals surface area contributed by atoms with E-state index in [-0.39, 0.29) is 0 Å². The van der Waals surface area contributed by atoms with Crippen LogP contribution in [0.2, 0.25) is 0 Å². The van der Waals surface area contributed by atoms with Crippen molar-refractivity contribution in [1.82, 2.24) is 4.98 Å². The lowest BCUT2D eigenvalue weighted by Crippen LogP contribution is -2.32. The zero-order chi connectivity index (χ0) is 12.1. The summed E-state index contributed by atoms with van der Waals surface area (Å²) in [5.74, 6) is 1.61. The zero-order valence-corrected chi connectivity index (χ0v) is 12.1. The third-order valence-corrected chi connectivity index (χ3v) is 6.03. The van der Waals surface area contributed by atoms with Crippen molar-refractivity contribution in [2.75, 3.05) is 6.54 Å². The van der Waals surface area contributed by atoms with Gasteiger partial charge in [-0.05, 0) is 31.2 Å². The number of thioether (sulfide) groups is 1. The molecule has 0 aliphatic heterocycles. The molecule has 3 atom stereocenters. The summed E-state index contributed by atoms with van der Waals surface area (Å²) in [6, 6.07) is 0. The molecule has 0 aromatic carbocycles. The molecule has 0 amide bonds. The van der Waals surface area contributed by atoms with Crippen LogP contribution in [-0.2, 0) is 0 Å². The first-order valence-electron chi connectivity index (χ1n) is 6.59. The Kier molecular flexibility index (Phi) is 5.32. The molecule has 96 valence electrons. The highest BCUT2D eigenvalue weighted by Gasteiger charge is 2.30. The minimum absolute atomic E-state index is 0.691. The van der Waals surface area contributed by atoms with Gasteiger partial charge in [-0.2, -0.15) is 0 Å². The van der Waals surface area contributed by atoms with Crippen molar-refractivity contribution in [3.63, 3.8) is 0 Å². The molecule has 4 heteroatoms. The van der Waals surface area contributed by atoms with Crippen LogP contribution in [0.3, 0.4) is 0 Å². The lowest BCUT2D eigenvalue weighted by atomic mass is 9.80. The van der Waals surface area contributed by atoms with Gasteiger partial charge in [0.15, 0.2) is 0 Å². The molecule has 1 fully saturated rings. The fraction of sp³-hybridized carbons (Fsp3) is 0.769. The average molecular weight is 270 g/mol. The third kappa shape index (κ3) is 3.70. The largest absolute Gasteiger partial charge is 0.330 e. The van der Waals surface area contributed by atoms with Gasteiger partial charge in [0.05, 0.1) is 0 Å². The van der Waals surface area contributed by atoms with Crippen molar-refractivity contribution in [3.05, 3.63) is 11.6 Å². The first-order valence-corrected chi connectivity index (χ1v) is 8.35. The van der Waals surface area contributed by atoms with Gasteiger partial charge in [-0.1, -0.05) is 37.9 Å². The molecular weight excluding hydrogens is 248 g/mol. The van der Waals surface area contributed by atoms with E-state index in [0.29, 0.717) is 11.2 Å². The van der Waals surface area contributed by atoms with Crippen molar-refractivity contribution in [2.24, 2.45) is 17.6 Å². The Morgan fingerprint density at radius 1 is 1.53 bits per heavy atom. The molecule has 2 N–H and O–H groups in total. The molecule has 2 rings (SSSR count). The second kappa shape index (κ2) is 6.76. The van der Waals surface area contributed by atoms with Crippen molar-refractivity contribution >= 4 is 23.1 Å². The summed E-state index contributed by atoms with van der Waals surface area (Å²) in [4.78, 5) is 4.39. The van der Waals surface area contributed by atoms with Crippen LogP contribution in [0.1, 0.15) is 39.0 Å². The molecule has 17 heavy (non-hydrogen) atoms. The van der Waals surface area contributed by atoms with E-state index in [1.165, 1.54) is 36.4 Å². The van der Waals surface area contributed by atoms with Gasteiger partial charge in [-0.15, -0.1) is 11.3 Å². The van der Waals surface area contributed by atoms with Crippen LogP contribution in [0.15, 0.2) is 15.9 Å². The van der Waals surface area contributed by atoms with Gasteiger partial charge in [-0.3, -0.25) is 0 Å². The summed E-state index contributed by atoms with van der Waals surface area (Å²) < 4.78 is 1.21. The number of nitrogens with two attached hydrogens (primary N) is 1. The predicted molar refractivity (Wildman–Crippen MR) is 76.6 cm³/mol. The van der Waals surface area contributed by atoms with Gasteiger partial charge >= 0.3 is 0 Å². The van der Waals surface area contributed by atoms with E-state index in [1.54, 1.807) is 11.3 Å². The molecule has 0 bridgehead atoms. The van der Waals surface area contributed by atoms with Crippen molar-refractivity contribution in [3.8, 4) is 0 Å². The maximum atomic E-state index is 5.91. The van der Waals surface area contributed by atoms with E-state index in [4.69, 9.17) is 5.73 Å². The summed E-state index contributed by atoms with van der Waals surface area (Å²) in [6.07, 6.45) is 8.62. The van der Waals surface area contributed by atoms with E-state index in [9.17, 15) is 0 Å². The van der Waals surface area contributed by atoms with Crippen LogP contribution in [0.4, 0.5) is 0 Å². The highest BCUT2D eigenvalue weighted by atomic mass is 32.2. The fourth-order valence-electron chi connectivity index (χ4n) is 2.76. The SMILES string of the molecule is CCCC1CCC(CN)C(Sc2nccs2)C1. The van der Waals surface area contributed by atoms with Crippen LogP contribution in [0, 0.1) is 11.8 Å². The molecule has 1 aliphatic carbocycles. The lowest BCUT2D eigenvalue weighted by molar-refractivity contribution is 0.276. The molecular formula is C13H22N2S2. The molecule has 0 radical (unpaired) electrons. The molecule has 3 unspecified atom stereocenters. The van der Waals surface area contributed by atoms with Crippen LogP contribution in [0.5, 0.6) is 0 Å². The predicted octanol–water partition coefficient (Wildman–Crippen LogP) is 3.78. The molecule has 1 heterocycles. The highest BCUT2D eigenvalue weighted by molar-refractivity contribution is 8.01. The molecule has 0 spiro atoms. The van der Waals surface area contributed by atoms with Crippen LogP contribution in [-0.4, -0.2) is 16.8 Å². The summed E-state index contributed by atoms with van der Waals surface area (Å²) in [5.41, 5.74) is 5.91. The summed E-state index contributed by atoms with van der Waals surface area (Å²) >= 11 is 3.72. The molecule has 1 saturated carbocycles. The van der Waals surface area contributed by atoms with Gasteiger partial charge in [-0.25, -0.2) is 4.98 Å². The van der Waals surface area contributed by atoms with E-state index in [2.05, 4.69) is 17.3 Å². The number of hydrogen-bond acceptors (Lipinski definition) is 4. The van der Waals surface area contributed by atoms with E-state index in [1.807, 2.05) is 18.0 Å². The molecule has 2 nitrogen and oxygen atoms in total. The zero-order valence-electron chi connectivity index (χ0n) is 10.5. The number of aromatic nitrogens is 1. The monoisotopic (exact) mass is 270 g/mol. The van der Waals surface area contributed by atoms with Crippen LogP contribution < -0.4 is 5.73 Å². The van der Waals surface area contributed by atoms with Gasteiger partial charge in [0.2, 0.25) is 0 Å². The van der Waals surface area contributed by atoms with Crippen molar-refractivity contribution in [1.29, 1.82) is 0 Å². The van der Waals surface area contributed by atoms with Crippen LogP contribution >= 0.6 is 23.1 Å². The van der Waals surface area contributed by atoms with E-state index >= 15 is 0 Å². The third-order valence-electron chi connectivity index (χ3n) is 3.70. The highest BCUT2D eigenvalue weighted by Crippen LogP contribution is 2.41. The van der Waals surface area contributed by atoms with Crippen molar-refractivity contribution in [2.45, 2.75) is 48.6 Å². The van der Waals surface area contributed by atoms with Gasteiger partial charge in [0, 0.05) is 16.8 Å². The number of thiazole rings is 1. The number of hydrogen-bond donors (Lipinski definition) is 1. The summed E-state index contributed by atoms with van der Waals surface area (Å²) in [5, 5.41) is 2.75. The average Bonchev–Trinajstić information content (AvgIpc) is 2.83. The van der Waals surface area contributed by atoms with Gasteiger partial charge < -0.3 is 5.73 Å². The maximum Gasteiger partial charge on any atom is 0.150 e. The van der Waals surface area contributed by atoms with Crippen LogP contribution in [0.25, 0.3) is 0 Å². The summed E-state index contributed by atoms with van der Waals surface area (Å²) in [6.45, 7) is 3.12.